The summed E-state index contributed by atoms with van der Waals surface area (Å²) < 4.78 is 5.76. The van der Waals surface area contributed by atoms with E-state index in [-0.39, 0.29) is 18.1 Å². The van der Waals surface area contributed by atoms with Crippen molar-refractivity contribution in [3.8, 4) is 11.1 Å². The summed E-state index contributed by atoms with van der Waals surface area (Å²) in [5.74, 6) is 0.594. The summed E-state index contributed by atoms with van der Waals surface area (Å²) in [5, 5.41) is 10.1. The van der Waals surface area contributed by atoms with Crippen molar-refractivity contribution < 1.29 is 14.6 Å². The molecule has 1 heterocycles. The number of hydrogen-bond donors (Lipinski definition) is 1. The lowest BCUT2D eigenvalue weighted by molar-refractivity contribution is 0.0496. The minimum Gasteiger partial charge on any atom is -0.448 e. The van der Waals surface area contributed by atoms with Gasteiger partial charge in [0, 0.05) is 38.6 Å². The number of amides is 1. The van der Waals surface area contributed by atoms with Gasteiger partial charge in [-0.2, -0.15) is 0 Å². The van der Waals surface area contributed by atoms with Crippen LogP contribution in [-0.4, -0.2) is 66.4 Å². The number of carbonyl (C=O) groups excluding carboxylic acids is 1. The topological polar surface area (TPSA) is 53.0 Å². The summed E-state index contributed by atoms with van der Waals surface area (Å²) >= 11 is 0. The van der Waals surface area contributed by atoms with Gasteiger partial charge in [-0.05, 0) is 41.0 Å². The second-order valence-electron chi connectivity index (χ2n) is 8.50. The molecule has 2 aromatic carbocycles. The van der Waals surface area contributed by atoms with Crippen LogP contribution in [0, 0.1) is 5.92 Å². The number of hydrogen-bond acceptors (Lipinski definition) is 4. The van der Waals surface area contributed by atoms with Gasteiger partial charge in [-0.1, -0.05) is 48.5 Å². The van der Waals surface area contributed by atoms with Crippen LogP contribution < -0.4 is 0 Å². The van der Waals surface area contributed by atoms with Gasteiger partial charge in [-0.15, -0.1) is 0 Å². The molecule has 5 heteroatoms. The Bertz CT molecular complexity index is 842. The molecule has 0 bridgehead atoms. The Kier molecular flexibility index (Phi) is 5.02. The Morgan fingerprint density at radius 3 is 2.14 bits per heavy atom. The minimum absolute atomic E-state index is 0.0985. The molecule has 2 aliphatic carbocycles. The van der Waals surface area contributed by atoms with E-state index >= 15 is 0 Å². The number of nitrogens with zero attached hydrogens (tertiary/aromatic N) is 2. The molecule has 5 rings (SSSR count). The lowest BCUT2D eigenvalue weighted by Gasteiger charge is -2.35. The molecule has 1 saturated heterocycles. The number of piperazine rings is 1. The number of carbonyl (C=O) groups is 1. The van der Waals surface area contributed by atoms with E-state index in [1.807, 2.05) is 0 Å². The minimum atomic E-state index is -0.228. The highest BCUT2D eigenvalue weighted by Crippen LogP contribution is 2.44. The average Bonchev–Trinajstić information content (AvgIpc) is 3.56. The monoisotopic (exact) mass is 392 g/mol. The van der Waals surface area contributed by atoms with Crippen LogP contribution in [0.1, 0.15) is 29.9 Å². The average molecular weight is 392 g/mol. The SMILES string of the molecule is O=C(OCC1c2ccccc2-c2ccccc21)N1CCN(CC(O)C2CC2)CC1. The predicted octanol–water partition coefficient (Wildman–Crippen LogP) is 3.32. The van der Waals surface area contributed by atoms with Gasteiger partial charge in [0.25, 0.3) is 0 Å². The lowest BCUT2D eigenvalue weighted by atomic mass is 9.98. The zero-order chi connectivity index (χ0) is 19.8. The molecular formula is C24H28N2O3. The van der Waals surface area contributed by atoms with E-state index in [2.05, 4.69) is 53.4 Å². The number of β-amino-alcohol motifs (C(OH)–C–C–N with tert-alkyl or cyclic N) is 1. The number of benzene rings is 2. The Morgan fingerprint density at radius 2 is 1.55 bits per heavy atom. The van der Waals surface area contributed by atoms with Gasteiger partial charge in [-0.25, -0.2) is 4.79 Å². The fourth-order valence-corrected chi connectivity index (χ4v) is 4.69. The molecular weight excluding hydrogens is 364 g/mol. The third-order valence-electron chi connectivity index (χ3n) is 6.58. The maximum atomic E-state index is 12.7. The van der Waals surface area contributed by atoms with Crippen molar-refractivity contribution in [1.82, 2.24) is 9.80 Å². The summed E-state index contributed by atoms with van der Waals surface area (Å²) in [6.45, 7) is 4.01. The lowest BCUT2D eigenvalue weighted by Crippen LogP contribution is -2.50. The summed E-state index contributed by atoms with van der Waals surface area (Å²) in [6.07, 6.45) is 1.87. The fraction of sp³-hybridized carbons (Fsp3) is 0.458. The van der Waals surface area contributed by atoms with Gasteiger partial charge in [0.1, 0.15) is 6.61 Å². The van der Waals surface area contributed by atoms with Crippen molar-refractivity contribution in [3.63, 3.8) is 0 Å². The van der Waals surface area contributed by atoms with E-state index in [1.54, 1.807) is 4.90 Å². The molecule has 29 heavy (non-hydrogen) atoms. The third kappa shape index (κ3) is 3.77. The van der Waals surface area contributed by atoms with Gasteiger partial charge < -0.3 is 14.7 Å². The van der Waals surface area contributed by atoms with E-state index in [4.69, 9.17) is 4.74 Å². The Balaban J connectivity index is 1.17. The van der Waals surface area contributed by atoms with Crippen LogP contribution in [0.2, 0.25) is 0 Å². The molecule has 0 spiro atoms. The quantitative estimate of drug-likeness (QED) is 0.848. The highest BCUT2D eigenvalue weighted by atomic mass is 16.6. The first-order valence-electron chi connectivity index (χ1n) is 10.7. The first kappa shape index (κ1) is 18.6. The van der Waals surface area contributed by atoms with E-state index in [1.165, 1.54) is 22.3 Å². The van der Waals surface area contributed by atoms with Crippen LogP contribution in [0.4, 0.5) is 4.79 Å². The van der Waals surface area contributed by atoms with E-state index in [0.717, 1.165) is 32.5 Å². The van der Waals surface area contributed by atoms with Gasteiger partial charge >= 0.3 is 6.09 Å². The van der Waals surface area contributed by atoms with Crippen molar-refractivity contribution in [2.24, 2.45) is 5.92 Å². The molecule has 2 aromatic rings. The van der Waals surface area contributed by atoms with Crippen LogP contribution >= 0.6 is 0 Å². The molecule has 3 aliphatic rings. The van der Waals surface area contributed by atoms with Crippen molar-refractivity contribution in [3.05, 3.63) is 59.7 Å². The van der Waals surface area contributed by atoms with Crippen molar-refractivity contribution in [2.75, 3.05) is 39.3 Å². The summed E-state index contributed by atoms with van der Waals surface area (Å²) in [5.41, 5.74) is 4.96. The molecule has 0 aromatic heterocycles. The standard InChI is InChI=1S/C24H28N2O3/c27-23(17-9-10-17)15-25-11-13-26(14-12-25)24(28)29-16-22-20-7-3-1-5-18(20)19-6-2-4-8-21(19)22/h1-8,17,22-23,27H,9-16H2. The fourth-order valence-electron chi connectivity index (χ4n) is 4.69. The highest BCUT2D eigenvalue weighted by molar-refractivity contribution is 5.79. The largest absolute Gasteiger partial charge is 0.448 e. The second-order valence-corrected chi connectivity index (χ2v) is 8.50. The molecule has 1 atom stereocenters. The smallest absolute Gasteiger partial charge is 0.409 e. The van der Waals surface area contributed by atoms with Crippen LogP contribution in [0.3, 0.4) is 0 Å². The van der Waals surface area contributed by atoms with Crippen LogP contribution in [-0.2, 0) is 4.74 Å². The molecule has 1 saturated carbocycles. The van der Waals surface area contributed by atoms with Crippen molar-refractivity contribution >= 4 is 6.09 Å². The van der Waals surface area contributed by atoms with E-state index < -0.39 is 0 Å². The van der Waals surface area contributed by atoms with E-state index in [9.17, 15) is 9.90 Å². The molecule has 0 radical (unpaired) electrons. The molecule has 1 unspecified atom stereocenters. The maximum Gasteiger partial charge on any atom is 0.409 e. The summed E-state index contributed by atoms with van der Waals surface area (Å²) in [7, 11) is 0. The zero-order valence-electron chi connectivity index (χ0n) is 16.7. The Hall–Kier alpha value is -2.37. The van der Waals surface area contributed by atoms with Crippen molar-refractivity contribution in [2.45, 2.75) is 24.9 Å². The normalized spacial score (nSPS) is 20.2. The predicted molar refractivity (Wildman–Crippen MR) is 112 cm³/mol. The zero-order valence-corrected chi connectivity index (χ0v) is 16.7. The van der Waals surface area contributed by atoms with Crippen LogP contribution in [0.15, 0.2) is 48.5 Å². The Morgan fingerprint density at radius 1 is 0.966 bits per heavy atom. The molecule has 1 amide bonds. The first-order valence-corrected chi connectivity index (χ1v) is 10.7. The molecule has 1 aliphatic heterocycles. The summed E-state index contributed by atoms with van der Waals surface area (Å²) in [4.78, 5) is 16.7. The molecule has 5 nitrogen and oxygen atoms in total. The third-order valence-corrected chi connectivity index (χ3v) is 6.58. The van der Waals surface area contributed by atoms with Crippen molar-refractivity contribution in [1.29, 1.82) is 0 Å². The maximum absolute atomic E-state index is 12.7. The highest BCUT2D eigenvalue weighted by Gasteiger charge is 2.33. The number of ether oxygens (including phenoxy) is 1. The number of aliphatic hydroxyl groups excluding tert-OH is 1. The van der Waals surface area contributed by atoms with E-state index in [0.29, 0.717) is 25.6 Å². The van der Waals surface area contributed by atoms with Gasteiger partial charge in [0.15, 0.2) is 0 Å². The molecule has 1 N–H and O–H groups in total. The second kappa shape index (κ2) is 7.81. The molecule has 152 valence electrons. The van der Waals surface area contributed by atoms with Crippen LogP contribution in [0.25, 0.3) is 11.1 Å². The van der Waals surface area contributed by atoms with Crippen LogP contribution in [0.5, 0.6) is 0 Å². The number of aliphatic hydroxyl groups is 1. The molecule has 2 fully saturated rings. The van der Waals surface area contributed by atoms with Gasteiger partial charge in [0.05, 0.1) is 6.10 Å². The number of rotatable bonds is 5. The number of fused-ring (bicyclic) bond motifs is 3. The van der Waals surface area contributed by atoms with Gasteiger partial charge in [0.2, 0.25) is 0 Å². The van der Waals surface area contributed by atoms with Gasteiger partial charge in [-0.3, -0.25) is 4.90 Å². The Labute approximate surface area is 171 Å². The summed E-state index contributed by atoms with van der Waals surface area (Å²) in [6, 6.07) is 16.8. The first-order chi connectivity index (χ1) is 14.2.